The highest BCUT2D eigenvalue weighted by Gasteiger charge is 2.12. The fourth-order valence-electron chi connectivity index (χ4n) is 1.84. The SMILES string of the molecule is O=C1CN=C(N/N=C\c2ccc(-c3ccc(F)cc3F)o2)N1. The zero-order chi connectivity index (χ0) is 15.5. The highest BCUT2D eigenvalue weighted by Crippen LogP contribution is 2.25. The molecule has 0 spiro atoms. The van der Waals surface area contributed by atoms with E-state index in [9.17, 15) is 13.6 Å². The molecule has 0 fully saturated rings. The van der Waals surface area contributed by atoms with Gasteiger partial charge in [-0.25, -0.2) is 19.2 Å². The van der Waals surface area contributed by atoms with Gasteiger partial charge >= 0.3 is 0 Å². The number of carbonyl (C=O) groups excluding carboxylic acids is 1. The average Bonchev–Trinajstić information content (AvgIpc) is 3.08. The lowest BCUT2D eigenvalue weighted by molar-refractivity contribution is -0.117. The largest absolute Gasteiger partial charge is 0.455 e. The fraction of sp³-hybridized carbons (Fsp3) is 0.0714. The average molecular weight is 304 g/mol. The van der Waals surface area contributed by atoms with Gasteiger partial charge in [0.2, 0.25) is 11.9 Å². The molecule has 2 N–H and O–H groups in total. The number of nitrogens with zero attached hydrogens (tertiary/aromatic N) is 2. The molecule has 0 aliphatic carbocycles. The number of guanidine groups is 1. The van der Waals surface area contributed by atoms with Gasteiger partial charge in [0.25, 0.3) is 0 Å². The molecule has 6 nitrogen and oxygen atoms in total. The number of benzene rings is 1. The summed E-state index contributed by atoms with van der Waals surface area (Å²) in [4.78, 5) is 14.7. The van der Waals surface area contributed by atoms with Crippen molar-refractivity contribution in [3.05, 3.63) is 47.7 Å². The lowest BCUT2D eigenvalue weighted by Crippen LogP contribution is -2.33. The van der Waals surface area contributed by atoms with Crippen LogP contribution in [-0.2, 0) is 4.79 Å². The number of nitrogens with one attached hydrogen (secondary N) is 2. The van der Waals surface area contributed by atoms with Gasteiger partial charge in [-0.2, -0.15) is 5.10 Å². The Bertz CT molecular complexity index is 783. The van der Waals surface area contributed by atoms with Crippen LogP contribution in [0.2, 0.25) is 0 Å². The molecule has 1 aromatic heterocycles. The molecule has 0 atom stereocenters. The first-order valence-corrected chi connectivity index (χ1v) is 6.30. The number of furan rings is 1. The van der Waals surface area contributed by atoms with Crippen LogP contribution in [-0.4, -0.2) is 24.6 Å². The molecule has 22 heavy (non-hydrogen) atoms. The quantitative estimate of drug-likeness (QED) is 0.668. The summed E-state index contributed by atoms with van der Waals surface area (Å²) in [5.41, 5.74) is 2.69. The topological polar surface area (TPSA) is 79.0 Å². The zero-order valence-electron chi connectivity index (χ0n) is 11.1. The molecule has 2 heterocycles. The Hall–Kier alpha value is -3.03. The van der Waals surface area contributed by atoms with Crippen LogP contribution in [0.15, 0.2) is 44.8 Å². The maximum Gasteiger partial charge on any atom is 0.248 e. The van der Waals surface area contributed by atoms with Gasteiger partial charge in [0.15, 0.2) is 0 Å². The van der Waals surface area contributed by atoms with Crippen LogP contribution >= 0.6 is 0 Å². The van der Waals surface area contributed by atoms with Gasteiger partial charge < -0.3 is 4.42 Å². The second kappa shape index (κ2) is 5.76. The summed E-state index contributed by atoms with van der Waals surface area (Å²) in [6.07, 6.45) is 1.35. The van der Waals surface area contributed by atoms with Gasteiger partial charge in [0.1, 0.15) is 29.7 Å². The van der Waals surface area contributed by atoms with Crippen LogP contribution in [0, 0.1) is 11.6 Å². The standard InChI is InChI=1S/C14H10F2N4O2/c15-8-1-3-10(11(16)5-8)12-4-2-9(22-12)6-18-20-14-17-7-13(21)19-14/h1-6H,7H2,(H2,17,19,20,21)/b18-6-. The number of hydrogen-bond donors (Lipinski definition) is 2. The summed E-state index contributed by atoms with van der Waals surface area (Å²) < 4.78 is 31.9. The van der Waals surface area contributed by atoms with Gasteiger partial charge in [-0.1, -0.05) is 0 Å². The highest BCUT2D eigenvalue weighted by molar-refractivity contribution is 6.03. The van der Waals surface area contributed by atoms with Crippen molar-refractivity contribution in [2.24, 2.45) is 10.1 Å². The summed E-state index contributed by atoms with van der Waals surface area (Å²) in [5, 5.41) is 6.29. The second-order valence-electron chi connectivity index (χ2n) is 4.41. The first-order chi connectivity index (χ1) is 10.6. The first-order valence-electron chi connectivity index (χ1n) is 6.30. The molecule has 0 saturated heterocycles. The van der Waals surface area contributed by atoms with Gasteiger partial charge in [-0.3, -0.25) is 10.1 Å². The van der Waals surface area contributed by atoms with Crippen LogP contribution in [0.4, 0.5) is 8.78 Å². The molecule has 1 aliphatic heterocycles. The van der Waals surface area contributed by atoms with Gasteiger partial charge in [0.05, 0.1) is 11.8 Å². The van der Waals surface area contributed by atoms with Crippen molar-refractivity contribution in [3.8, 4) is 11.3 Å². The van der Waals surface area contributed by atoms with Crippen molar-refractivity contribution >= 4 is 18.1 Å². The number of carbonyl (C=O) groups is 1. The molecule has 1 aliphatic rings. The van der Waals surface area contributed by atoms with Crippen LogP contribution < -0.4 is 10.7 Å². The third-order valence-corrected chi connectivity index (χ3v) is 2.82. The maximum atomic E-state index is 13.6. The zero-order valence-corrected chi connectivity index (χ0v) is 11.1. The smallest absolute Gasteiger partial charge is 0.248 e. The molecule has 1 amide bonds. The third-order valence-electron chi connectivity index (χ3n) is 2.82. The van der Waals surface area contributed by atoms with Crippen molar-refractivity contribution in [1.29, 1.82) is 0 Å². The minimum Gasteiger partial charge on any atom is -0.455 e. The summed E-state index contributed by atoms with van der Waals surface area (Å²) >= 11 is 0. The molecule has 8 heteroatoms. The Balaban J connectivity index is 1.69. The summed E-state index contributed by atoms with van der Waals surface area (Å²) in [7, 11) is 0. The Labute approximate surface area is 123 Å². The monoisotopic (exact) mass is 304 g/mol. The van der Waals surface area contributed by atoms with E-state index in [1.807, 2.05) is 0 Å². The molecule has 0 unspecified atom stereocenters. The van der Waals surface area contributed by atoms with E-state index in [0.717, 1.165) is 12.1 Å². The summed E-state index contributed by atoms with van der Waals surface area (Å²) in [6.45, 7) is 0.0621. The van der Waals surface area contributed by atoms with Crippen molar-refractivity contribution in [1.82, 2.24) is 10.7 Å². The highest BCUT2D eigenvalue weighted by atomic mass is 19.1. The molecule has 2 aromatic rings. The minimum atomic E-state index is -0.709. The molecule has 0 saturated carbocycles. The Kier molecular flexibility index (Phi) is 3.65. The van der Waals surface area contributed by atoms with Crippen LogP contribution in [0.1, 0.15) is 5.76 Å². The Morgan fingerprint density at radius 2 is 2.18 bits per heavy atom. The number of amides is 1. The van der Waals surface area contributed by atoms with E-state index in [2.05, 4.69) is 20.8 Å². The Morgan fingerprint density at radius 3 is 2.91 bits per heavy atom. The number of hydrogen-bond acceptors (Lipinski definition) is 5. The minimum absolute atomic E-state index is 0.0621. The van der Waals surface area contributed by atoms with E-state index in [1.54, 1.807) is 12.1 Å². The molecule has 112 valence electrons. The molecular weight excluding hydrogens is 294 g/mol. The van der Waals surface area contributed by atoms with E-state index < -0.39 is 11.6 Å². The number of aliphatic imine (C=N–C) groups is 1. The number of halogens is 2. The lowest BCUT2D eigenvalue weighted by Gasteiger charge is -1.99. The fourth-order valence-corrected chi connectivity index (χ4v) is 1.84. The van der Waals surface area contributed by atoms with Crippen LogP contribution in [0.5, 0.6) is 0 Å². The van der Waals surface area contributed by atoms with E-state index >= 15 is 0 Å². The molecule has 0 bridgehead atoms. The van der Waals surface area contributed by atoms with Crippen molar-refractivity contribution in [2.45, 2.75) is 0 Å². The number of rotatable bonds is 3. The normalized spacial score (nSPS) is 14.3. The molecular formula is C14H10F2N4O2. The molecule has 1 aromatic carbocycles. The second-order valence-corrected chi connectivity index (χ2v) is 4.41. The third kappa shape index (κ3) is 3.00. The number of hydrazone groups is 1. The van der Waals surface area contributed by atoms with Crippen molar-refractivity contribution < 1.29 is 18.0 Å². The van der Waals surface area contributed by atoms with Crippen LogP contribution in [0.25, 0.3) is 11.3 Å². The lowest BCUT2D eigenvalue weighted by atomic mass is 10.1. The van der Waals surface area contributed by atoms with Crippen molar-refractivity contribution in [3.63, 3.8) is 0 Å². The Morgan fingerprint density at radius 1 is 1.32 bits per heavy atom. The van der Waals surface area contributed by atoms with Crippen molar-refractivity contribution in [2.75, 3.05) is 6.54 Å². The van der Waals surface area contributed by atoms with Gasteiger partial charge in [-0.15, -0.1) is 0 Å². The molecule has 3 rings (SSSR count). The predicted octanol–water partition coefficient (Wildman–Crippen LogP) is 1.63. The van der Waals surface area contributed by atoms with Gasteiger partial charge in [-0.05, 0) is 24.3 Å². The van der Waals surface area contributed by atoms with Crippen LogP contribution in [0.3, 0.4) is 0 Å². The van der Waals surface area contributed by atoms with E-state index in [1.165, 1.54) is 12.3 Å². The van der Waals surface area contributed by atoms with E-state index in [0.29, 0.717) is 5.76 Å². The van der Waals surface area contributed by atoms with E-state index in [4.69, 9.17) is 4.42 Å². The predicted molar refractivity (Wildman–Crippen MR) is 75.2 cm³/mol. The first kappa shape index (κ1) is 13.9. The molecule has 0 radical (unpaired) electrons. The summed E-state index contributed by atoms with van der Waals surface area (Å²) in [6, 6.07) is 6.36. The van der Waals surface area contributed by atoms with Gasteiger partial charge in [0, 0.05) is 6.07 Å². The van der Waals surface area contributed by atoms with E-state index in [-0.39, 0.29) is 29.7 Å². The summed E-state index contributed by atoms with van der Waals surface area (Å²) in [5.74, 6) is -0.721. The maximum absolute atomic E-state index is 13.6.